The molecule has 0 amide bonds. The average Bonchev–Trinajstić information content (AvgIpc) is 2.46. The molecule has 0 aliphatic heterocycles. The van der Waals surface area contributed by atoms with Crippen molar-refractivity contribution >= 4 is 34.9 Å². The summed E-state index contributed by atoms with van der Waals surface area (Å²) in [5.41, 5.74) is 7.13. The molecule has 6 heteroatoms. The van der Waals surface area contributed by atoms with Crippen molar-refractivity contribution in [2.45, 2.75) is 6.61 Å². The van der Waals surface area contributed by atoms with Gasteiger partial charge in [0.15, 0.2) is 5.75 Å². The second kappa shape index (κ2) is 6.70. The summed E-state index contributed by atoms with van der Waals surface area (Å²) in [6.45, 7) is 0.241. The van der Waals surface area contributed by atoms with Gasteiger partial charge in [-0.2, -0.15) is 0 Å². The highest BCUT2D eigenvalue weighted by Gasteiger charge is 2.17. The lowest BCUT2D eigenvalue weighted by Crippen LogP contribution is -2.07. The zero-order valence-electron chi connectivity index (χ0n) is 11.2. The molecular weight excluding hydrogens is 313 g/mol. The van der Waals surface area contributed by atoms with Crippen molar-refractivity contribution in [2.24, 2.45) is 0 Å². The van der Waals surface area contributed by atoms with Gasteiger partial charge >= 0.3 is 5.97 Å². The molecular formula is C15H13Cl2NO3. The highest BCUT2D eigenvalue weighted by molar-refractivity contribution is 6.33. The summed E-state index contributed by atoms with van der Waals surface area (Å²) in [7, 11) is 1.28. The van der Waals surface area contributed by atoms with Gasteiger partial charge in [-0.3, -0.25) is 0 Å². The largest absolute Gasteiger partial charge is 0.486 e. The third-order valence-electron chi connectivity index (χ3n) is 2.77. The van der Waals surface area contributed by atoms with Crippen molar-refractivity contribution in [1.82, 2.24) is 0 Å². The van der Waals surface area contributed by atoms with Crippen LogP contribution in [0.3, 0.4) is 0 Å². The Morgan fingerprint density at radius 2 is 1.86 bits per heavy atom. The normalized spacial score (nSPS) is 10.2. The molecule has 2 aromatic carbocycles. The topological polar surface area (TPSA) is 61.5 Å². The predicted molar refractivity (Wildman–Crippen MR) is 83.0 cm³/mol. The van der Waals surface area contributed by atoms with Crippen LogP contribution < -0.4 is 10.5 Å². The third-order valence-corrected chi connectivity index (χ3v) is 3.30. The number of anilines is 1. The van der Waals surface area contributed by atoms with Gasteiger partial charge in [0.05, 0.1) is 12.1 Å². The number of rotatable bonds is 4. The van der Waals surface area contributed by atoms with E-state index in [1.165, 1.54) is 19.2 Å². The first-order valence-corrected chi connectivity index (χ1v) is 6.81. The number of hydrogen-bond acceptors (Lipinski definition) is 4. The molecule has 0 aromatic heterocycles. The quantitative estimate of drug-likeness (QED) is 0.683. The van der Waals surface area contributed by atoms with E-state index in [-0.39, 0.29) is 22.9 Å². The summed E-state index contributed by atoms with van der Waals surface area (Å²) in [5, 5.41) is 0.892. The Labute approximate surface area is 132 Å². The number of halogens is 2. The minimum Gasteiger partial charge on any atom is -0.486 e. The van der Waals surface area contributed by atoms with Gasteiger partial charge in [-0.25, -0.2) is 4.79 Å². The van der Waals surface area contributed by atoms with Crippen molar-refractivity contribution in [3.63, 3.8) is 0 Å². The molecule has 110 valence electrons. The fourth-order valence-corrected chi connectivity index (χ4v) is 2.17. The van der Waals surface area contributed by atoms with E-state index in [1.54, 1.807) is 12.1 Å². The van der Waals surface area contributed by atoms with Crippen LogP contribution in [0.25, 0.3) is 0 Å². The summed E-state index contributed by atoms with van der Waals surface area (Å²) in [6.07, 6.45) is 0. The van der Waals surface area contributed by atoms with Crippen LogP contribution in [0.15, 0.2) is 36.4 Å². The van der Waals surface area contributed by atoms with Crippen molar-refractivity contribution in [3.8, 4) is 5.75 Å². The number of carbonyl (C=O) groups excluding carboxylic acids is 1. The van der Waals surface area contributed by atoms with E-state index in [9.17, 15) is 4.79 Å². The van der Waals surface area contributed by atoms with Crippen LogP contribution in [-0.4, -0.2) is 13.1 Å². The van der Waals surface area contributed by atoms with Crippen molar-refractivity contribution in [2.75, 3.05) is 12.8 Å². The molecule has 0 radical (unpaired) electrons. The third kappa shape index (κ3) is 3.80. The van der Waals surface area contributed by atoms with Gasteiger partial charge in [-0.05, 0) is 29.8 Å². The maximum absolute atomic E-state index is 11.8. The number of esters is 1. The van der Waals surface area contributed by atoms with E-state index in [4.69, 9.17) is 38.4 Å². The van der Waals surface area contributed by atoms with Crippen LogP contribution >= 0.6 is 23.2 Å². The standard InChI is InChI=1S/C15H13Cl2NO3/c1-20-15(19)12-6-11(18)7-13(17)14(12)21-8-9-2-4-10(16)5-3-9/h2-7H,8,18H2,1H3. The first-order chi connectivity index (χ1) is 10.0. The van der Waals surface area contributed by atoms with Crippen molar-refractivity contribution in [1.29, 1.82) is 0 Å². The lowest BCUT2D eigenvalue weighted by atomic mass is 10.1. The van der Waals surface area contributed by atoms with Gasteiger partial charge in [0.25, 0.3) is 0 Å². The predicted octanol–water partition coefficient (Wildman–Crippen LogP) is 3.94. The first-order valence-electron chi connectivity index (χ1n) is 6.06. The van der Waals surface area contributed by atoms with Crippen LogP contribution in [-0.2, 0) is 11.3 Å². The number of methoxy groups -OCH3 is 1. The SMILES string of the molecule is COC(=O)c1cc(N)cc(Cl)c1OCc1ccc(Cl)cc1. The molecule has 0 saturated heterocycles. The lowest BCUT2D eigenvalue weighted by Gasteiger charge is -2.13. The summed E-state index contributed by atoms with van der Waals surface area (Å²) in [5.74, 6) is -0.317. The minimum absolute atomic E-state index is 0.191. The highest BCUT2D eigenvalue weighted by atomic mass is 35.5. The summed E-state index contributed by atoms with van der Waals surface area (Å²) < 4.78 is 10.3. The molecule has 21 heavy (non-hydrogen) atoms. The molecule has 0 atom stereocenters. The molecule has 0 aliphatic rings. The van der Waals surface area contributed by atoms with E-state index in [2.05, 4.69) is 0 Å². The number of benzene rings is 2. The zero-order chi connectivity index (χ0) is 15.4. The van der Waals surface area contributed by atoms with E-state index in [1.807, 2.05) is 12.1 Å². The van der Waals surface area contributed by atoms with Crippen LogP contribution in [0.4, 0.5) is 5.69 Å². The molecule has 4 nitrogen and oxygen atoms in total. The zero-order valence-corrected chi connectivity index (χ0v) is 12.7. The smallest absolute Gasteiger partial charge is 0.341 e. The van der Waals surface area contributed by atoms with Crippen LogP contribution in [0.2, 0.25) is 10.0 Å². The molecule has 0 fully saturated rings. The molecule has 0 spiro atoms. The van der Waals surface area contributed by atoms with Gasteiger partial charge in [-0.1, -0.05) is 35.3 Å². The number of nitrogen functional groups attached to an aromatic ring is 1. The number of carbonyl (C=O) groups is 1. The second-order valence-electron chi connectivity index (χ2n) is 4.29. The Hall–Kier alpha value is -1.91. The molecule has 2 rings (SSSR count). The molecule has 0 saturated carbocycles. The van der Waals surface area contributed by atoms with Gasteiger partial charge in [0.2, 0.25) is 0 Å². The van der Waals surface area contributed by atoms with Gasteiger partial charge < -0.3 is 15.2 Å². The van der Waals surface area contributed by atoms with Gasteiger partial charge in [0.1, 0.15) is 12.2 Å². The van der Waals surface area contributed by atoms with Gasteiger partial charge in [-0.15, -0.1) is 0 Å². The molecule has 2 aromatic rings. The van der Waals surface area contributed by atoms with E-state index < -0.39 is 5.97 Å². The highest BCUT2D eigenvalue weighted by Crippen LogP contribution is 2.32. The van der Waals surface area contributed by atoms with Gasteiger partial charge in [0, 0.05) is 10.7 Å². The Bertz CT molecular complexity index is 657. The van der Waals surface area contributed by atoms with Crippen molar-refractivity contribution in [3.05, 3.63) is 57.6 Å². The number of hydrogen-bond donors (Lipinski definition) is 1. The summed E-state index contributed by atoms with van der Waals surface area (Å²) in [6, 6.07) is 10.1. The number of nitrogens with two attached hydrogens (primary N) is 1. The van der Waals surface area contributed by atoms with E-state index in [0.29, 0.717) is 10.7 Å². The van der Waals surface area contributed by atoms with Crippen LogP contribution in [0.5, 0.6) is 5.75 Å². The Balaban J connectivity index is 2.26. The maximum atomic E-state index is 11.8. The van der Waals surface area contributed by atoms with Crippen molar-refractivity contribution < 1.29 is 14.3 Å². The Kier molecular flexibility index (Phi) is 4.94. The monoisotopic (exact) mass is 325 g/mol. The average molecular weight is 326 g/mol. The fourth-order valence-electron chi connectivity index (χ4n) is 1.76. The first kappa shape index (κ1) is 15.5. The molecule has 0 heterocycles. The summed E-state index contributed by atoms with van der Waals surface area (Å²) >= 11 is 11.9. The number of ether oxygens (including phenoxy) is 2. The maximum Gasteiger partial charge on any atom is 0.341 e. The minimum atomic E-state index is -0.560. The molecule has 2 N–H and O–H groups in total. The second-order valence-corrected chi connectivity index (χ2v) is 5.13. The molecule has 0 bridgehead atoms. The van der Waals surface area contributed by atoms with Crippen LogP contribution in [0, 0.1) is 0 Å². The van der Waals surface area contributed by atoms with Crippen LogP contribution in [0.1, 0.15) is 15.9 Å². The lowest BCUT2D eigenvalue weighted by molar-refractivity contribution is 0.0595. The Morgan fingerprint density at radius 3 is 2.48 bits per heavy atom. The molecule has 0 aliphatic carbocycles. The fraction of sp³-hybridized carbons (Fsp3) is 0.133. The van der Waals surface area contributed by atoms with E-state index in [0.717, 1.165) is 5.56 Å². The molecule has 0 unspecified atom stereocenters. The van der Waals surface area contributed by atoms with E-state index >= 15 is 0 Å². The summed E-state index contributed by atoms with van der Waals surface area (Å²) in [4.78, 5) is 11.8. The Morgan fingerprint density at radius 1 is 1.19 bits per heavy atom.